The van der Waals surface area contributed by atoms with Crippen LogP contribution >= 0.6 is 7.82 Å². The van der Waals surface area contributed by atoms with Crippen molar-refractivity contribution in [2.75, 3.05) is 40.9 Å². The van der Waals surface area contributed by atoms with Gasteiger partial charge in [-0.15, -0.1) is 0 Å². The molecule has 0 aromatic heterocycles. The molecule has 0 aromatic carbocycles. The van der Waals surface area contributed by atoms with Gasteiger partial charge in [0.15, 0.2) is 0 Å². The molecule has 0 aliphatic carbocycles. The number of aliphatic hydroxyl groups excluding tert-OH is 1. The molecule has 70 heavy (non-hydrogen) atoms. The van der Waals surface area contributed by atoms with E-state index in [0.717, 1.165) is 116 Å². The van der Waals surface area contributed by atoms with Crippen molar-refractivity contribution in [1.29, 1.82) is 0 Å². The first kappa shape index (κ1) is 67.2. The molecule has 1 amide bonds. The summed E-state index contributed by atoms with van der Waals surface area (Å²) in [6.07, 6.45) is 74.0. The molecule has 0 rings (SSSR count). The molecule has 0 aliphatic rings. The van der Waals surface area contributed by atoms with E-state index in [1.54, 1.807) is 0 Å². The Kier molecular flexibility index (Phi) is 49.0. The fourth-order valence-corrected chi connectivity index (χ4v) is 8.34. The number of likely N-dealkylation sites (N-methyl/N-ethyl adjacent to an activating group) is 1. The highest BCUT2D eigenvalue weighted by Crippen LogP contribution is 2.38. The second kappa shape index (κ2) is 51.1. The lowest BCUT2D eigenvalue weighted by Crippen LogP contribution is -2.46. The summed E-state index contributed by atoms with van der Waals surface area (Å²) in [5.74, 6) is -0.188. The average Bonchev–Trinajstić information content (AvgIpc) is 3.32. The van der Waals surface area contributed by atoms with Crippen molar-refractivity contribution in [3.05, 3.63) is 109 Å². The van der Waals surface area contributed by atoms with Crippen molar-refractivity contribution < 1.29 is 32.9 Å². The van der Waals surface area contributed by atoms with Gasteiger partial charge >= 0.3 is 0 Å². The zero-order valence-electron chi connectivity index (χ0n) is 45.7. The van der Waals surface area contributed by atoms with Gasteiger partial charge in [0, 0.05) is 6.42 Å². The van der Waals surface area contributed by atoms with Crippen LogP contribution in [0.2, 0.25) is 0 Å². The molecular weight excluding hydrogens is 888 g/mol. The van der Waals surface area contributed by atoms with Gasteiger partial charge in [-0.25, -0.2) is 0 Å². The van der Waals surface area contributed by atoms with Crippen LogP contribution in [0.15, 0.2) is 109 Å². The van der Waals surface area contributed by atoms with Crippen LogP contribution in [0, 0.1) is 0 Å². The minimum Gasteiger partial charge on any atom is -0.756 e. The van der Waals surface area contributed by atoms with Gasteiger partial charge in [-0.2, -0.15) is 0 Å². The summed E-state index contributed by atoms with van der Waals surface area (Å²) in [6.45, 7) is 4.58. The van der Waals surface area contributed by atoms with Crippen molar-refractivity contribution in [2.45, 2.75) is 231 Å². The topological polar surface area (TPSA) is 108 Å². The molecule has 0 aliphatic heterocycles. The van der Waals surface area contributed by atoms with Crippen LogP contribution in [0.3, 0.4) is 0 Å². The van der Waals surface area contributed by atoms with Crippen LogP contribution in [-0.4, -0.2) is 68.5 Å². The Balaban J connectivity index is 4.23. The molecule has 0 bridgehead atoms. The Morgan fingerprint density at radius 3 is 1.27 bits per heavy atom. The number of hydrogen-bond acceptors (Lipinski definition) is 6. The Labute approximate surface area is 431 Å². The monoisotopic (exact) mass is 995 g/mol. The van der Waals surface area contributed by atoms with E-state index in [9.17, 15) is 19.4 Å². The van der Waals surface area contributed by atoms with Gasteiger partial charge in [0.1, 0.15) is 13.2 Å². The lowest BCUT2D eigenvalue weighted by molar-refractivity contribution is -0.870. The Hall–Kier alpha value is -2.84. The third-order valence-electron chi connectivity index (χ3n) is 12.0. The lowest BCUT2D eigenvalue weighted by atomic mass is 10.0. The normalized spacial score (nSPS) is 14.8. The van der Waals surface area contributed by atoms with Gasteiger partial charge in [0.25, 0.3) is 7.82 Å². The second-order valence-corrected chi connectivity index (χ2v) is 21.3. The molecule has 0 fully saturated rings. The van der Waals surface area contributed by atoms with Crippen LogP contribution in [-0.2, 0) is 18.4 Å². The number of phosphoric ester groups is 1. The number of amides is 1. The average molecular weight is 996 g/mol. The number of nitrogens with zero attached hydrogens (tertiary/aromatic N) is 1. The van der Waals surface area contributed by atoms with Gasteiger partial charge in [-0.05, 0) is 83.5 Å². The SMILES string of the molecule is CC/C=C\C/C=C\C/C=C\C/C=C\C/C=C\C/C=C\C/C=C\C/C=C\C/C=C\CCCCCCCC(=O)NC(COP(=O)([O-])OCC[N+](C)(C)C)C(O)CCCCCCCCCCCCCCCCC. The summed E-state index contributed by atoms with van der Waals surface area (Å²) in [6, 6.07) is -0.819. The van der Waals surface area contributed by atoms with Gasteiger partial charge < -0.3 is 28.8 Å². The molecule has 0 aromatic rings. The van der Waals surface area contributed by atoms with Crippen molar-refractivity contribution in [3.63, 3.8) is 0 Å². The third kappa shape index (κ3) is 53.0. The molecule has 0 radical (unpaired) electrons. The van der Waals surface area contributed by atoms with Crippen LogP contribution in [0.25, 0.3) is 0 Å². The van der Waals surface area contributed by atoms with E-state index in [1.807, 2.05) is 21.1 Å². The number of quaternary nitrogens is 1. The number of rotatable bonds is 50. The number of phosphoric acid groups is 1. The van der Waals surface area contributed by atoms with E-state index in [0.29, 0.717) is 23.9 Å². The highest BCUT2D eigenvalue weighted by molar-refractivity contribution is 7.45. The maximum Gasteiger partial charge on any atom is 0.268 e. The smallest absolute Gasteiger partial charge is 0.268 e. The zero-order chi connectivity index (χ0) is 51.3. The third-order valence-corrected chi connectivity index (χ3v) is 13.0. The highest BCUT2D eigenvalue weighted by atomic mass is 31.2. The van der Waals surface area contributed by atoms with Gasteiger partial charge in [-0.3, -0.25) is 9.36 Å². The number of carbonyl (C=O) groups is 1. The van der Waals surface area contributed by atoms with E-state index in [2.05, 4.69) is 129 Å². The quantitative estimate of drug-likeness (QED) is 0.0272. The van der Waals surface area contributed by atoms with Gasteiger partial charge in [0.2, 0.25) is 5.91 Å². The molecule has 3 unspecified atom stereocenters. The van der Waals surface area contributed by atoms with E-state index in [-0.39, 0.29) is 19.1 Å². The van der Waals surface area contributed by atoms with E-state index in [1.165, 1.54) is 77.0 Å². The Bertz CT molecular complexity index is 1500. The van der Waals surface area contributed by atoms with Crippen LogP contribution in [0.5, 0.6) is 0 Å². The molecule has 0 heterocycles. The summed E-state index contributed by atoms with van der Waals surface area (Å²) in [5, 5.41) is 14.0. The van der Waals surface area contributed by atoms with Crippen LogP contribution in [0.4, 0.5) is 0 Å². The van der Waals surface area contributed by atoms with Gasteiger partial charge in [0.05, 0.1) is 39.9 Å². The molecule has 9 heteroatoms. The van der Waals surface area contributed by atoms with Crippen molar-refractivity contribution in [2.24, 2.45) is 0 Å². The molecular formula is C61H107N2O6P. The summed E-state index contributed by atoms with van der Waals surface area (Å²) in [4.78, 5) is 25.5. The van der Waals surface area contributed by atoms with E-state index in [4.69, 9.17) is 9.05 Å². The highest BCUT2D eigenvalue weighted by Gasteiger charge is 2.24. The fraction of sp³-hybridized carbons (Fsp3) is 0.689. The van der Waals surface area contributed by atoms with Crippen molar-refractivity contribution >= 4 is 13.7 Å². The summed E-state index contributed by atoms with van der Waals surface area (Å²) >= 11 is 0. The number of hydrogen-bond donors (Lipinski definition) is 2. The first-order chi connectivity index (χ1) is 34.0. The molecule has 3 atom stereocenters. The van der Waals surface area contributed by atoms with Crippen LogP contribution in [0.1, 0.15) is 219 Å². The molecule has 2 N–H and O–H groups in total. The van der Waals surface area contributed by atoms with Crippen molar-refractivity contribution in [1.82, 2.24) is 5.32 Å². The Morgan fingerprint density at radius 2 is 0.871 bits per heavy atom. The lowest BCUT2D eigenvalue weighted by Gasteiger charge is -2.30. The minimum atomic E-state index is -4.58. The second-order valence-electron chi connectivity index (χ2n) is 19.9. The molecule has 402 valence electrons. The summed E-state index contributed by atoms with van der Waals surface area (Å²) in [5.41, 5.74) is 0. The van der Waals surface area contributed by atoms with E-state index >= 15 is 0 Å². The predicted octanol–water partition coefficient (Wildman–Crippen LogP) is 16.6. The maximum absolute atomic E-state index is 13.0. The Morgan fingerprint density at radius 1 is 0.514 bits per heavy atom. The first-order valence-corrected chi connectivity index (χ1v) is 29.7. The summed E-state index contributed by atoms with van der Waals surface area (Å²) in [7, 11) is 1.28. The standard InChI is InChI=1S/C61H107N2O6P/c1-6-8-10-12-14-16-18-20-22-23-24-25-26-27-28-29-30-31-32-33-34-35-36-37-38-39-41-43-45-47-49-51-53-55-61(65)62-59(58-69-70(66,67)68-57-56-63(3,4)5)60(64)54-52-50-48-46-44-42-40-21-19-17-15-13-11-9-7-2/h8,10,14,16,20,22,24-25,27-28,30-31,33-34,36-37,39,41,59-60,64H,6-7,9,11-13,15,17-19,21,23,26,29,32,35,38,40,42-58H2,1-5H3,(H-,62,65,66,67)/b10-8-,16-14-,22-20-,25-24-,28-27-,31-30-,34-33-,37-36-,41-39-. The summed E-state index contributed by atoms with van der Waals surface area (Å²) < 4.78 is 23.4. The minimum absolute atomic E-state index is 0.00234. The number of allylic oxidation sites excluding steroid dienone is 18. The molecule has 0 spiro atoms. The largest absolute Gasteiger partial charge is 0.756 e. The first-order valence-electron chi connectivity index (χ1n) is 28.2. The molecule has 0 saturated carbocycles. The number of unbranched alkanes of at least 4 members (excludes halogenated alkanes) is 19. The maximum atomic E-state index is 13.0. The molecule has 0 saturated heterocycles. The van der Waals surface area contributed by atoms with Crippen LogP contribution < -0.4 is 10.2 Å². The number of nitrogens with one attached hydrogen (secondary N) is 1. The van der Waals surface area contributed by atoms with E-state index < -0.39 is 20.0 Å². The van der Waals surface area contributed by atoms with Gasteiger partial charge in [-0.1, -0.05) is 239 Å². The molecule has 8 nitrogen and oxygen atoms in total. The number of carbonyl (C=O) groups excluding carboxylic acids is 1. The number of aliphatic hydroxyl groups is 1. The zero-order valence-corrected chi connectivity index (χ0v) is 46.6. The fourth-order valence-electron chi connectivity index (χ4n) is 7.62. The predicted molar refractivity (Wildman–Crippen MR) is 302 cm³/mol. The van der Waals surface area contributed by atoms with Crippen molar-refractivity contribution in [3.8, 4) is 0 Å².